The molecule has 0 bridgehead atoms. The third-order valence-electron chi connectivity index (χ3n) is 1.07. The van der Waals surface area contributed by atoms with E-state index < -0.39 is 0 Å². The van der Waals surface area contributed by atoms with Crippen LogP contribution in [0.15, 0.2) is 55.1 Å². The lowest BCUT2D eigenvalue weighted by Crippen LogP contribution is -1.47. The zero-order valence-electron chi connectivity index (χ0n) is 7.26. The second-order valence-corrected chi connectivity index (χ2v) is 1.92. The van der Waals surface area contributed by atoms with Crippen molar-refractivity contribution in [1.29, 1.82) is 0 Å². The Hall–Kier alpha value is -1.90. The number of rotatable bonds is 0. The Morgan fingerprint density at radius 2 is 1.38 bits per heavy atom. The van der Waals surface area contributed by atoms with Crippen LogP contribution in [0.4, 0.5) is 0 Å². The van der Waals surface area contributed by atoms with Crippen LogP contribution in [-0.4, -0.2) is 16.8 Å². The molecule has 1 heterocycles. The Balaban J connectivity index is 0.000000189. The van der Waals surface area contributed by atoms with Crippen molar-refractivity contribution in [2.45, 2.75) is 0 Å². The van der Waals surface area contributed by atoms with Crippen LogP contribution in [-0.2, 0) is 4.79 Å². The maximum absolute atomic E-state index is 8.00. The molecule has 3 nitrogen and oxygen atoms in total. The maximum atomic E-state index is 8.00. The minimum atomic E-state index is 1.62. The first-order valence-corrected chi connectivity index (χ1v) is 3.72. The number of hydrogen-bond donors (Lipinski definition) is 1. The first-order valence-electron chi connectivity index (χ1n) is 3.72. The molecule has 0 spiro atoms. The van der Waals surface area contributed by atoms with E-state index in [9.17, 15) is 0 Å². The molecule has 0 amide bonds. The van der Waals surface area contributed by atoms with Crippen molar-refractivity contribution in [3.8, 4) is 0 Å². The van der Waals surface area contributed by atoms with Crippen molar-refractivity contribution in [2.24, 2.45) is 0 Å². The molecule has 1 aromatic heterocycles. The van der Waals surface area contributed by atoms with Gasteiger partial charge in [0.2, 0.25) is 0 Å². The van der Waals surface area contributed by atoms with Gasteiger partial charge in [0.1, 0.15) is 6.79 Å². The van der Waals surface area contributed by atoms with Gasteiger partial charge in [-0.15, -0.1) is 0 Å². The molecule has 2 rings (SSSR count). The van der Waals surface area contributed by atoms with Crippen molar-refractivity contribution < 1.29 is 4.79 Å². The molecule has 3 heteroatoms. The molecule has 0 aliphatic heterocycles. The van der Waals surface area contributed by atoms with Crippen LogP contribution in [0.1, 0.15) is 0 Å². The molecule has 0 fully saturated rings. The first-order chi connectivity index (χ1) is 6.50. The number of aromatic nitrogens is 2. The summed E-state index contributed by atoms with van der Waals surface area (Å²) in [6, 6.07) is 12.0. The van der Waals surface area contributed by atoms with Gasteiger partial charge in [0.15, 0.2) is 0 Å². The highest BCUT2D eigenvalue weighted by Gasteiger charge is 1.58. The molecule has 13 heavy (non-hydrogen) atoms. The summed E-state index contributed by atoms with van der Waals surface area (Å²) < 4.78 is 0. The van der Waals surface area contributed by atoms with E-state index in [1.54, 1.807) is 18.7 Å². The summed E-state index contributed by atoms with van der Waals surface area (Å²) in [7, 11) is 0. The molecule has 1 N–H and O–H groups in total. The fraction of sp³-hybridized carbons (Fsp3) is 0. The van der Waals surface area contributed by atoms with E-state index in [1.165, 1.54) is 0 Å². The number of imidazole rings is 1. The van der Waals surface area contributed by atoms with Crippen molar-refractivity contribution in [1.82, 2.24) is 9.97 Å². The summed E-state index contributed by atoms with van der Waals surface area (Å²) in [6.07, 6.45) is 5.08. The van der Waals surface area contributed by atoms with Gasteiger partial charge in [-0.3, -0.25) is 0 Å². The highest BCUT2D eigenvalue weighted by Crippen LogP contribution is 1.79. The number of aromatic amines is 1. The van der Waals surface area contributed by atoms with Gasteiger partial charge in [-0.1, -0.05) is 36.4 Å². The number of H-pyrrole nitrogens is 1. The lowest BCUT2D eigenvalue weighted by atomic mass is 10.4. The predicted octanol–water partition coefficient (Wildman–Crippen LogP) is 1.91. The minimum absolute atomic E-state index is 1.62. The molecule has 0 saturated carbocycles. The fourth-order valence-electron chi connectivity index (χ4n) is 0.600. The number of carbonyl (C=O) groups is 1. The molecular weight excluding hydrogens is 164 g/mol. The van der Waals surface area contributed by atoms with Crippen molar-refractivity contribution >= 4 is 6.79 Å². The Labute approximate surface area is 77.5 Å². The molecule has 2 aromatic rings. The van der Waals surface area contributed by atoms with Crippen LogP contribution in [0.5, 0.6) is 0 Å². The summed E-state index contributed by atoms with van der Waals surface area (Å²) >= 11 is 0. The monoisotopic (exact) mass is 176 g/mol. The average molecular weight is 176 g/mol. The Morgan fingerprint density at radius 1 is 0.923 bits per heavy atom. The molecule has 0 aliphatic carbocycles. The second kappa shape index (κ2) is 10.1. The van der Waals surface area contributed by atoms with Crippen LogP contribution in [0.25, 0.3) is 0 Å². The van der Waals surface area contributed by atoms with E-state index in [0.29, 0.717) is 0 Å². The van der Waals surface area contributed by atoms with Crippen LogP contribution in [0.3, 0.4) is 0 Å². The van der Waals surface area contributed by atoms with Crippen LogP contribution in [0.2, 0.25) is 0 Å². The molecule has 0 unspecified atom stereocenters. The predicted molar refractivity (Wildman–Crippen MR) is 52.2 cm³/mol. The lowest BCUT2D eigenvalue weighted by Gasteiger charge is -1.69. The summed E-state index contributed by atoms with van der Waals surface area (Å²) in [4.78, 5) is 14.4. The SMILES string of the molecule is C=O.c1c[nH]cn1.c1ccccc1. The molecule has 0 radical (unpaired) electrons. The molecular formula is C10H12N2O. The smallest absolute Gasteiger partial charge is 0.106 e. The van der Waals surface area contributed by atoms with E-state index in [4.69, 9.17) is 4.79 Å². The number of hydrogen-bond acceptors (Lipinski definition) is 2. The van der Waals surface area contributed by atoms with E-state index >= 15 is 0 Å². The van der Waals surface area contributed by atoms with Gasteiger partial charge < -0.3 is 9.78 Å². The zero-order chi connectivity index (χ0) is 9.78. The highest BCUT2D eigenvalue weighted by atomic mass is 16.1. The third kappa shape index (κ3) is 8.00. The molecule has 0 atom stereocenters. The third-order valence-corrected chi connectivity index (χ3v) is 1.07. The minimum Gasteiger partial charge on any atom is -0.351 e. The van der Waals surface area contributed by atoms with Crippen molar-refractivity contribution in [3.63, 3.8) is 0 Å². The summed E-state index contributed by atoms with van der Waals surface area (Å²) in [6.45, 7) is 2.00. The molecule has 0 aliphatic rings. The van der Waals surface area contributed by atoms with E-state index in [-0.39, 0.29) is 0 Å². The van der Waals surface area contributed by atoms with Crippen molar-refractivity contribution in [2.75, 3.05) is 0 Å². The summed E-state index contributed by atoms with van der Waals surface area (Å²) in [5, 5.41) is 0. The van der Waals surface area contributed by atoms with E-state index in [1.807, 2.05) is 43.2 Å². The first kappa shape index (κ1) is 11.1. The van der Waals surface area contributed by atoms with Crippen LogP contribution >= 0.6 is 0 Å². The normalized spacial score (nSPS) is 7.08. The quantitative estimate of drug-likeness (QED) is 0.666. The average Bonchev–Trinajstić information content (AvgIpc) is 2.82. The standard InChI is InChI=1S/C6H6.C3H4N2.CH2O/c1-2-4-6-5-3-1;1-2-5-3-4-1;1-2/h1-6H;1-3H,(H,4,5);1H2. The highest BCUT2D eigenvalue weighted by molar-refractivity contribution is 5.11. The number of benzene rings is 1. The summed E-state index contributed by atoms with van der Waals surface area (Å²) in [5.41, 5.74) is 0. The lowest BCUT2D eigenvalue weighted by molar-refractivity contribution is -0.0979. The Kier molecular flexibility index (Phi) is 8.62. The molecule has 1 aromatic carbocycles. The van der Waals surface area contributed by atoms with Crippen LogP contribution < -0.4 is 0 Å². The molecule has 0 saturated heterocycles. The second-order valence-electron chi connectivity index (χ2n) is 1.92. The van der Waals surface area contributed by atoms with Gasteiger partial charge >= 0.3 is 0 Å². The van der Waals surface area contributed by atoms with Crippen LogP contribution in [0, 0.1) is 0 Å². The van der Waals surface area contributed by atoms with Gasteiger partial charge in [-0.05, 0) is 0 Å². The maximum Gasteiger partial charge on any atom is 0.106 e. The fourth-order valence-corrected chi connectivity index (χ4v) is 0.600. The number of nitrogens with one attached hydrogen (secondary N) is 1. The molecule has 68 valence electrons. The van der Waals surface area contributed by atoms with Gasteiger partial charge in [-0.25, -0.2) is 4.98 Å². The number of nitrogens with zero attached hydrogens (tertiary/aromatic N) is 1. The largest absolute Gasteiger partial charge is 0.351 e. The Morgan fingerprint density at radius 3 is 1.54 bits per heavy atom. The van der Waals surface area contributed by atoms with Gasteiger partial charge in [0, 0.05) is 12.4 Å². The Bertz CT molecular complexity index is 211. The van der Waals surface area contributed by atoms with Gasteiger partial charge in [0.05, 0.1) is 6.33 Å². The van der Waals surface area contributed by atoms with Gasteiger partial charge in [-0.2, -0.15) is 0 Å². The number of carbonyl (C=O) groups excluding carboxylic acids is 1. The van der Waals surface area contributed by atoms with Gasteiger partial charge in [0.25, 0.3) is 0 Å². The summed E-state index contributed by atoms with van der Waals surface area (Å²) in [5.74, 6) is 0. The zero-order valence-corrected chi connectivity index (χ0v) is 7.26. The van der Waals surface area contributed by atoms with Crippen molar-refractivity contribution in [3.05, 3.63) is 55.1 Å². The van der Waals surface area contributed by atoms with E-state index in [2.05, 4.69) is 9.97 Å². The topological polar surface area (TPSA) is 45.8 Å². The van der Waals surface area contributed by atoms with E-state index in [0.717, 1.165) is 0 Å².